The third kappa shape index (κ3) is 4.38. The summed E-state index contributed by atoms with van der Waals surface area (Å²) in [7, 11) is 0. The number of rotatable bonds is 6. The molecule has 0 saturated heterocycles. The first kappa shape index (κ1) is 18.3. The van der Waals surface area contributed by atoms with E-state index in [1.165, 1.54) is 25.0 Å². The highest BCUT2D eigenvalue weighted by Gasteiger charge is 2.28. The largest absolute Gasteiger partial charge is 0.310 e. The van der Waals surface area contributed by atoms with E-state index in [9.17, 15) is 14.9 Å². The first-order valence-corrected chi connectivity index (χ1v) is 9.08. The molecule has 1 saturated carbocycles. The Balaban J connectivity index is 1.88. The predicted octanol–water partition coefficient (Wildman–Crippen LogP) is 4.95. The predicted molar refractivity (Wildman–Crippen MR) is 100 cm³/mol. The van der Waals surface area contributed by atoms with Crippen LogP contribution in [0.2, 0.25) is 5.02 Å². The first-order valence-electron chi connectivity index (χ1n) is 8.70. The number of hydrogen-bond donors (Lipinski definition) is 1. The van der Waals surface area contributed by atoms with Gasteiger partial charge in [-0.3, -0.25) is 14.9 Å². The number of hydrogen-bond acceptors (Lipinski definition) is 4. The van der Waals surface area contributed by atoms with Crippen molar-refractivity contribution in [2.24, 2.45) is 5.92 Å². The molecule has 1 atom stereocenters. The smallest absolute Gasteiger partial charge is 0.288 e. The van der Waals surface area contributed by atoms with Crippen LogP contribution in [0, 0.1) is 16.0 Å². The highest BCUT2D eigenvalue weighted by molar-refractivity contribution is 6.32. The van der Waals surface area contributed by atoms with Gasteiger partial charge in [0.15, 0.2) is 0 Å². The van der Waals surface area contributed by atoms with Crippen molar-refractivity contribution >= 4 is 29.0 Å². The van der Waals surface area contributed by atoms with Crippen LogP contribution in [0.4, 0.5) is 11.5 Å². The molecule has 6 nitrogen and oxygen atoms in total. The lowest BCUT2D eigenvalue weighted by molar-refractivity contribution is -0.384. The summed E-state index contributed by atoms with van der Waals surface area (Å²) >= 11 is 5.92. The van der Waals surface area contributed by atoms with Gasteiger partial charge in [0.05, 0.1) is 10.8 Å². The molecule has 1 aromatic carbocycles. The molecule has 0 aliphatic heterocycles. The van der Waals surface area contributed by atoms with Crippen molar-refractivity contribution in [3.8, 4) is 0 Å². The van der Waals surface area contributed by atoms with Gasteiger partial charge < -0.3 is 5.32 Å². The van der Waals surface area contributed by atoms with Gasteiger partial charge in [-0.05, 0) is 36.1 Å². The molecule has 1 amide bonds. The van der Waals surface area contributed by atoms with E-state index in [0.717, 1.165) is 12.8 Å². The van der Waals surface area contributed by atoms with Gasteiger partial charge in [-0.15, -0.1) is 0 Å². The summed E-state index contributed by atoms with van der Waals surface area (Å²) < 4.78 is 0. The second kappa shape index (κ2) is 8.27. The van der Waals surface area contributed by atoms with Crippen molar-refractivity contribution in [3.05, 3.63) is 63.3 Å². The summed E-state index contributed by atoms with van der Waals surface area (Å²) in [6.07, 6.45) is 6.78. The average Bonchev–Trinajstić information content (AvgIpc) is 3.14. The number of nitro groups is 1. The summed E-state index contributed by atoms with van der Waals surface area (Å²) in [6.45, 7) is 0. The van der Waals surface area contributed by atoms with Crippen LogP contribution < -0.4 is 5.32 Å². The Hall–Kier alpha value is -2.47. The normalized spacial score (nSPS) is 15.6. The quantitative estimate of drug-likeness (QED) is 0.573. The molecular formula is C19H20ClN3O3. The Labute approximate surface area is 156 Å². The lowest BCUT2D eigenvalue weighted by Gasteiger charge is -2.20. The van der Waals surface area contributed by atoms with Gasteiger partial charge in [0.2, 0.25) is 5.91 Å². The molecule has 1 aliphatic carbocycles. The minimum atomic E-state index is -0.519. The van der Waals surface area contributed by atoms with Gasteiger partial charge in [-0.1, -0.05) is 49.4 Å². The number of anilines is 1. The van der Waals surface area contributed by atoms with Crippen LogP contribution in [0.1, 0.15) is 43.6 Å². The number of amides is 1. The van der Waals surface area contributed by atoms with E-state index in [2.05, 4.69) is 10.3 Å². The maximum absolute atomic E-state index is 12.9. The van der Waals surface area contributed by atoms with Crippen molar-refractivity contribution in [1.29, 1.82) is 0 Å². The van der Waals surface area contributed by atoms with Gasteiger partial charge in [-0.25, -0.2) is 4.98 Å². The van der Waals surface area contributed by atoms with Crippen LogP contribution in [-0.2, 0) is 4.79 Å². The van der Waals surface area contributed by atoms with Crippen molar-refractivity contribution < 1.29 is 9.72 Å². The molecule has 1 unspecified atom stereocenters. The van der Waals surface area contributed by atoms with Crippen LogP contribution in [0.15, 0.2) is 42.6 Å². The lowest BCUT2D eigenvalue weighted by Crippen LogP contribution is -2.23. The number of carbonyl (C=O) groups is 1. The summed E-state index contributed by atoms with van der Waals surface area (Å²) in [5, 5.41) is 14.1. The third-order valence-electron chi connectivity index (χ3n) is 4.85. The number of nitro benzene ring substituents is 1. The Morgan fingerprint density at radius 3 is 2.73 bits per heavy atom. The van der Waals surface area contributed by atoms with E-state index in [1.54, 1.807) is 30.5 Å². The third-order valence-corrected chi connectivity index (χ3v) is 5.17. The molecule has 1 heterocycles. The zero-order valence-electron chi connectivity index (χ0n) is 14.2. The zero-order valence-corrected chi connectivity index (χ0v) is 15.0. The fourth-order valence-electron chi connectivity index (χ4n) is 3.51. The molecule has 1 fully saturated rings. The van der Waals surface area contributed by atoms with E-state index in [1.807, 2.05) is 0 Å². The molecule has 0 radical (unpaired) electrons. The maximum atomic E-state index is 12.9. The molecule has 1 aromatic heterocycles. The minimum Gasteiger partial charge on any atom is -0.310 e. The first-order chi connectivity index (χ1) is 12.5. The Morgan fingerprint density at radius 2 is 2.08 bits per heavy atom. The molecule has 136 valence electrons. The van der Waals surface area contributed by atoms with Crippen LogP contribution >= 0.6 is 11.6 Å². The fraction of sp³-hybridized carbons (Fsp3) is 0.368. The number of nitrogens with one attached hydrogen (secondary N) is 1. The van der Waals surface area contributed by atoms with Crippen molar-refractivity contribution in [2.45, 2.75) is 38.0 Å². The number of benzene rings is 1. The monoisotopic (exact) mass is 373 g/mol. The van der Waals surface area contributed by atoms with Crippen LogP contribution in [0.5, 0.6) is 0 Å². The van der Waals surface area contributed by atoms with E-state index in [4.69, 9.17) is 11.6 Å². The molecule has 2 aromatic rings. The number of halogens is 1. The summed E-state index contributed by atoms with van der Waals surface area (Å²) in [5.41, 5.74) is 0.438. The number of pyridine rings is 1. The SMILES string of the molecule is O=C(Nc1ccccn1)C(CC1CCCC1)c1ccc(Cl)c([N+](=O)[O-])c1. The molecule has 3 rings (SSSR count). The second-order valence-electron chi connectivity index (χ2n) is 6.61. The highest BCUT2D eigenvalue weighted by atomic mass is 35.5. The number of carbonyl (C=O) groups excluding carboxylic acids is 1. The fourth-order valence-corrected chi connectivity index (χ4v) is 3.70. The molecule has 26 heavy (non-hydrogen) atoms. The number of nitrogens with zero attached hydrogens (tertiary/aromatic N) is 2. The highest BCUT2D eigenvalue weighted by Crippen LogP contribution is 2.37. The van der Waals surface area contributed by atoms with Crippen LogP contribution in [0.25, 0.3) is 0 Å². The van der Waals surface area contributed by atoms with E-state index < -0.39 is 10.8 Å². The minimum absolute atomic E-state index is 0.0727. The summed E-state index contributed by atoms with van der Waals surface area (Å²) in [4.78, 5) is 27.7. The molecule has 7 heteroatoms. The Kier molecular flexibility index (Phi) is 5.83. The van der Waals surface area contributed by atoms with E-state index >= 15 is 0 Å². The van der Waals surface area contributed by atoms with Crippen LogP contribution in [0.3, 0.4) is 0 Å². The summed E-state index contributed by atoms with van der Waals surface area (Å²) in [6, 6.07) is 9.89. The van der Waals surface area contributed by atoms with Crippen LogP contribution in [-0.4, -0.2) is 15.8 Å². The average molecular weight is 374 g/mol. The molecular weight excluding hydrogens is 354 g/mol. The van der Waals surface area contributed by atoms with Gasteiger partial charge in [-0.2, -0.15) is 0 Å². The Morgan fingerprint density at radius 1 is 1.31 bits per heavy atom. The Bertz CT molecular complexity index is 792. The van der Waals surface area contributed by atoms with Gasteiger partial charge in [0.25, 0.3) is 5.69 Å². The van der Waals surface area contributed by atoms with Crippen molar-refractivity contribution in [3.63, 3.8) is 0 Å². The second-order valence-corrected chi connectivity index (χ2v) is 7.02. The van der Waals surface area contributed by atoms with E-state index in [0.29, 0.717) is 23.7 Å². The standard InChI is InChI=1S/C19H20ClN3O3/c20-16-9-8-14(12-17(16)23(25)26)15(11-13-5-1-2-6-13)19(24)22-18-7-3-4-10-21-18/h3-4,7-10,12-13,15H,1-2,5-6,11H2,(H,21,22,24). The van der Waals surface area contributed by atoms with Gasteiger partial charge in [0, 0.05) is 12.3 Å². The zero-order chi connectivity index (χ0) is 18.5. The van der Waals surface area contributed by atoms with Gasteiger partial charge >= 0.3 is 0 Å². The van der Waals surface area contributed by atoms with E-state index in [-0.39, 0.29) is 16.6 Å². The number of aromatic nitrogens is 1. The lowest BCUT2D eigenvalue weighted by atomic mass is 9.87. The topological polar surface area (TPSA) is 85.1 Å². The van der Waals surface area contributed by atoms with Crippen molar-refractivity contribution in [2.75, 3.05) is 5.32 Å². The molecule has 1 aliphatic rings. The molecule has 0 spiro atoms. The van der Waals surface area contributed by atoms with Crippen molar-refractivity contribution in [1.82, 2.24) is 4.98 Å². The maximum Gasteiger partial charge on any atom is 0.288 e. The summed E-state index contributed by atoms with van der Waals surface area (Å²) in [5.74, 6) is 0.241. The molecule has 0 bridgehead atoms. The molecule has 1 N–H and O–H groups in total. The van der Waals surface area contributed by atoms with Gasteiger partial charge in [0.1, 0.15) is 10.8 Å².